The van der Waals surface area contributed by atoms with Crippen molar-refractivity contribution in [3.05, 3.63) is 0 Å². The highest BCUT2D eigenvalue weighted by Crippen LogP contribution is 2.25. The number of nitrogens with one attached hydrogen (secondary N) is 1. The molecule has 0 spiro atoms. The molecule has 2 atom stereocenters. The fourth-order valence-electron chi connectivity index (χ4n) is 2.64. The van der Waals surface area contributed by atoms with E-state index < -0.39 is 0 Å². The lowest BCUT2D eigenvalue weighted by Gasteiger charge is -2.35. The van der Waals surface area contributed by atoms with Gasteiger partial charge in [0.25, 0.3) is 0 Å². The first kappa shape index (κ1) is 14.0. The zero-order chi connectivity index (χ0) is 12.1. The van der Waals surface area contributed by atoms with E-state index in [2.05, 4.69) is 45.0 Å². The Bertz CT molecular complexity index is 185. The van der Waals surface area contributed by atoms with Gasteiger partial charge in [0.2, 0.25) is 0 Å². The maximum absolute atomic E-state index is 3.54. The average Bonchev–Trinajstić information content (AvgIpc) is 2.77. The van der Waals surface area contributed by atoms with E-state index in [9.17, 15) is 0 Å². The van der Waals surface area contributed by atoms with Crippen LogP contribution >= 0.6 is 0 Å². The Morgan fingerprint density at radius 1 is 1.12 bits per heavy atom. The summed E-state index contributed by atoms with van der Waals surface area (Å²) in [5.41, 5.74) is 0. The van der Waals surface area contributed by atoms with Gasteiger partial charge in [-0.05, 0) is 39.3 Å². The summed E-state index contributed by atoms with van der Waals surface area (Å²) < 4.78 is 0. The van der Waals surface area contributed by atoms with E-state index in [0.717, 1.165) is 18.5 Å². The number of hydrogen-bond acceptors (Lipinski definition) is 2. The molecule has 1 N–H and O–H groups in total. The van der Waals surface area contributed by atoms with Crippen LogP contribution in [0.3, 0.4) is 0 Å². The van der Waals surface area contributed by atoms with E-state index in [1.165, 1.54) is 25.7 Å². The van der Waals surface area contributed by atoms with Gasteiger partial charge in [0.15, 0.2) is 0 Å². The molecular formula is C14H30N2. The molecule has 1 saturated carbocycles. The van der Waals surface area contributed by atoms with Gasteiger partial charge in [-0.15, -0.1) is 0 Å². The second-order valence-electron chi connectivity index (χ2n) is 5.88. The van der Waals surface area contributed by atoms with E-state index in [1.54, 1.807) is 0 Å². The Morgan fingerprint density at radius 3 is 2.19 bits per heavy atom. The summed E-state index contributed by atoms with van der Waals surface area (Å²) in [5.74, 6) is 0.730. The predicted molar refractivity (Wildman–Crippen MR) is 71.8 cm³/mol. The minimum atomic E-state index is 0.603. The summed E-state index contributed by atoms with van der Waals surface area (Å²) in [7, 11) is 2.31. The van der Waals surface area contributed by atoms with Crippen molar-refractivity contribution in [3.8, 4) is 0 Å². The lowest BCUT2D eigenvalue weighted by Crippen LogP contribution is -2.44. The molecular weight excluding hydrogens is 196 g/mol. The Hall–Kier alpha value is -0.0800. The van der Waals surface area contributed by atoms with Gasteiger partial charge < -0.3 is 10.2 Å². The van der Waals surface area contributed by atoms with Crippen molar-refractivity contribution in [2.24, 2.45) is 5.92 Å². The fraction of sp³-hybridized carbons (Fsp3) is 1.00. The largest absolute Gasteiger partial charge is 0.314 e. The van der Waals surface area contributed by atoms with Crippen molar-refractivity contribution in [1.29, 1.82) is 0 Å². The lowest BCUT2D eigenvalue weighted by atomic mass is 10.00. The van der Waals surface area contributed by atoms with Gasteiger partial charge >= 0.3 is 0 Å². The zero-order valence-corrected chi connectivity index (χ0v) is 11.8. The van der Waals surface area contributed by atoms with Crippen LogP contribution in [-0.2, 0) is 0 Å². The van der Waals surface area contributed by atoms with E-state index in [1.807, 2.05) is 0 Å². The normalized spacial score (nSPS) is 21.9. The summed E-state index contributed by atoms with van der Waals surface area (Å²) in [6.45, 7) is 10.3. The minimum Gasteiger partial charge on any atom is -0.314 e. The van der Waals surface area contributed by atoms with Gasteiger partial charge in [-0.25, -0.2) is 0 Å². The second-order valence-corrected chi connectivity index (χ2v) is 5.88. The summed E-state index contributed by atoms with van der Waals surface area (Å²) >= 11 is 0. The molecule has 96 valence electrons. The molecule has 1 rings (SSSR count). The van der Waals surface area contributed by atoms with Crippen LogP contribution < -0.4 is 5.32 Å². The smallest absolute Gasteiger partial charge is 0.0105 e. The standard InChI is InChI=1S/C14H30N2/c1-11(2)15-10-12(3)13(4)16(5)14-8-6-7-9-14/h11-15H,6-10H2,1-5H3. The minimum absolute atomic E-state index is 0.603. The summed E-state index contributed by atoms with van der Waals surface area (Å²) in [6.07, 6.45) is 5.68. The summed E-state index contributed by atoms with van der Waals surface area (Å²) in [4.78, 5) is 2.61. The van der Waals surface area contributed by atoms with Gasteiger partial charge in [0.1, 0.15) is 0 Å². The zero-order valence-electron chi connectivity index (χ0n) is 11.8. The molecule has 0 aromatic rings. The van der Waals surface area contributed by atoms with Crippen LogP contribution in [0.1, 0.15) is 53.4 Å². The fourth-order valence-corrected chi connectivity index (χ4v) is 2.64. The maximum Gasteiger partial charge on any atom is 0.0105 e. The first-order valence-electron chi connectivity index (χ1n) is 6.97. The third-order valence-corrected chi connectivity index (χ3v) is 4.21. The van der Waals surface area contributed by atoms with Crippen LogP contribution in [-0.4, -0.2) is 36.6 Å². The highest BCUT2D eigenvalue weighted by Gasteiger charge is 2.25. The molecule has 2 nitrogen and oxygen atoms in total. The Balaban J connectivity index is 2.33. The molecule has 0 aromatic carbocycles. The van der Waals surface area contributed by atoms with Gasteiger partial charge in [0.05, 0.1) is 0 Å². The molecule has 0 aromatic heterocycles. The van der Waals surface area contributed by atoms with Crippen molar-refractivity contribution in [3.63, 3.8) is 0 Å². The van der Waals surface area contributed by atoms with Crippen LogP contribution in [0.25, 0.3) is 0 Å². The highest BCUT2D eigenvalue weighted by molar-refractivity contribution is 4.81. The van der Waals surface area contributed by atoms with Crippen LogP contribution in [0.4, 0.5) is 0 Å². The van der Waals surface area contributed by atoms with Crippen LogP contribution in [0.2, 0.25) is 0 Å². The average molecular weight is 226 g/mol. The molecule has 0 saturated heterocycles. The van der Waals surface area contributed by atoms with E-state index in [4.69, 9.17) is 0 Å². The van der Waals surface area contributed by atoms with E-state index in [0.29, 0.717) is 12.1 Å². The molecule has 0 heterocycles. The van der Waals surface area contributed by atoms with Crippen LogP contribution in [0, 0.1) is 5.92 Å². The van der Waals surface area contributed by atoms with E-state index in [-0.39, 0.29) is 0 Å². The van der Waals surface area contributed by atoms with Crippen LogP contribution in [0.15, 0.2) is 0 Å². The van der Waals surface area contributed by atoms with Gasteiger partial charge in [-0.3, -0.25) is 0 Å². The third-order valence-electron chi connectivity index (χ3n) is 4.21. The monoisotopic (exact) mass is 226 g/mol. The molecule has 0 amide bonds. The van der Waals surface area contributed by atoms with Crippen molar-refractivity contribution < 1.29 is 0 Å². The van der Waals surface area contributed by atoms with Gasteiger partial charge in [-0.2, -0.15) is 0 Å². The van der Waals surface area contributed by atoms with Crippen molar-refractivity contribution >= 4 is 0 Å². The maximum atomic E-state index is 3.54. The topological polar surface area (TPSA) is 15.3 Å². The SMILES string of the molecule is CC(C)NCC(C)C(C)N(C)C1CCCC1. The molecule has 2 heteroatoms. The molecule has 2 unspecified atom stereocenters. The molecule has 0 radical (unpaired) electrons. The Morgan fingerprint density at radius 2 is 1.69 bits per heavy atom. The second kappa shape index (κ2) is 6.61. The Kier molecular flexibility index (Phi) is 5.77. The van der Waals surface area contributed by atoms with Crippen molar-refractivity contribution in [2.45, 2.75) is 71.5 Å². The van der Waals surface area contributed by atoms with Gasteiger partial charge in [0, 0.05) is 18.1 Å². The molecule has 0 bridgehead atoms. The first-order chi connectivity index (χ1) is 7.52. The lowest BCUT2D eigenvalue weighted by molar-refractivity contribution is 0.141. The highest BCUT2D eigenvalue weighted by atomic mass is 15.2. The summed E-state index contributed by atoms with van der Waals surface area (Å²) in [5, 5.41) is 3.54. The molecule has 1 aliphatic rings. The Labute approximate surface area is 102 Å². The molecule has 1 fully saturated rings. The molecule has 0 aliphatic heterocycles. The third kappa shape index (κ3) is 4.06. The van der Waals surface area contributed by atoms with Crippen molar-refractivity contribution in [2.75, 3.05) is 13.6 Å². The quantitative estimate of drug-likeness (QED) is 0.749. The summed E-state index contributed by atoms with van der Waals surface area (Å²) in [6, 6.07) is 2.14. The molecule has 16 heavy (non-hydrogen) atoms. The number of nitrogens with zero attached hydrogens (tertiary/aromatic N) is 1. The molecule has 1 aliphatic carbocycles. The first-order valence-corrected chi connectivity index (χ1v) is 6.97. The number of hydrogen-bond donors (Lipinski definition) is 1. The van der Waals surface area contributed by atoms with Crippen molar-refractivity contribution in [1.82, 2.24) is 10.2 Å². The van der Waals surface area contributed by atoms with Gasteiger partial charge in [-0.1, -0.05) is 33.6 Å². The number of rotatable bonds is 6. The van der Waals surface area contributed by atoms with E-state index >= 15 is 0 Å². The predicted octanol–water partition coefficient (Wildman–Crippen LogP) is 2.88. The van der Waals surface area contributed by atoms with Crippen LogP contribution in [0.5, 0.6) is 0 Å².